The molecule has 100 valence electrons. The molecule has 0 aromatic rings. The molecule has 0 spiro atoms. The molecule has 2 N–H and O–H groups in total. The van der Waals surface area contributed by atoms with E-state index in [4.69, 9.17) is 5.73 Å². The Morgan fingerprint density at radius 1 is 1.35 bits per heavy atom. The SMILES string of the molecule is CC[C@H](C)[C@H](N)C(=O)N(C)CC(C)C(=O)OC. The van der Waals surface area contributed by atoms with Gasteiger partial charge in [-0.1, -0.05) is 27.2 Å². The van der Waals surface area contributed by atoms with Crippen LogP contribution in [0.2, 0.25) is 0 Å². The van der Waals surface area contributed by atoms with E-state index in [1.807, 2.05) is 13.8 Å². The van der Waals surface area contributed by atoms with Crippen molar-refractivity contribution in [2.75, 3.05) is 20.7 Å². The van der Waals surface area contributed by atoms with E-state index in [1.54, 1.807) is 14.0 Å². The normalized spacial score (nSPS) is 15.9. The van der Waals surface area contributed by atoms with Crippen LogP contribution >= 0.6 is 0 Å². The third kappa shape index (κ3) is 4.73. The van der Waals surface area contributed by atoms with Crippen molar-refractivity contribution in [3.8, 4) is 0 Å². The van der Waals surface area contributed by atoms with Crippen LogP contribution < -0.4 is 5.73 Å². The second-order valence-electron chi connectivity index (χ2n) is 4.55. The van der Waals surface area contributed by atoms with E-state index in [9.17, 15) is 9.59 Å². The lowest BCUT2D eigenvalue weighted by Crippen LogP contribution is -2.47. The van der Waals surface area contributed by atoms with Crippen LogP contribution in [0.4, 0.5) is 0 Å². The molecule has 0 aliphatic rings. The van der Waals surface area contributed by atoms with Gasteiger partial charge >= 0.3 is 5.97 Å². The highest BCUT2D eigenvalue weighted by molar-refractivity contribution is 5.82. The molecule has 5 nitrogen and oxygen atoms in total. The van der Waals surface area contributed by atoms with Crippen LogP contribution in [0.15, 0.2) is 0 Å². The maximum absolute atomic E-state index is 11.9. The van der Waals surface area contributed by atoms with Crippen LogP contribution in [0.25, 0.3) is 0 Å². The third-order valence-corrected chi connectivity index (χ3v) is 3.07. The predicted octanol–water partition coefficient (Wildman–Crippen LogP) is 0.627. The Hall–Kier alpha value is -1.10. The average molecular weight is 244 g/mol. The molecular weight excluding hydrogens is 220 g/mol. The zero-order chi connectivity index (χ0) is 13.6. The molecule has 0 saturated heterocycles. The number of nitrogens with two attached hydrogens (primary N) is 1. The number of methoxy groups -OCH3 is 1. The molecule has 17 heavy (non-hydrogen) atoms. The third-order valence-electron chi connectivity index (χ3n) is 3.07. The first kappa shape index (κ1) is 15.9. The minimum Gasteiger partial charge on any atom is -0.469 e. The van der Waals surface area contributed by atoms with Gasteiger partial charge < -0.3 is 15.4 Å². The second kappa shape index (κ2) is 7.27. The lowest BCUT2D eigenvalue weighted by Gasteiger charge is -2.26. The number of likely N-dealkylation sites (N-methyl/N-ethyl adjacent to an activating group) is 1. The summed E-state index contributed by atoms with van der Waals surface area (Å²) >= 11 is 0. The van der Waals surface area contributed by atoms with Crippen molar-refractivity contribution in [3.05, 3.63) is 0 Å². The lowest BCUT2D eigenvalue weighted by molar-refractivity contribution is -0.146. The number of hydrogen-bond acceptors (Lipinski definition) is 4. The van der Waals surface area contributed by atoms with Crippen LogP contribution in [-0.2, 0) is 14.3 Å². The van der Waals surface area contributed by atoms with Crippen LogP contribution in [0, 0.1) is 11.8 Å². The summed E-state index contributed by atoms with van der Waals surface area (Å²) in [4.78, 5) is 24.7. The maximum Gasteiger partial charge on any atom is 0.310 e. The number of amides is 1. The summed E-state index contributed by atoms with van der Waals surface area (Å²) in [6, 6.07) is -0.505. The molecule has 3 atom stereocenters. The van der Waals surface area contributed by atoms with Crippen LogP contribution in [-0.4, -0.2) is 43.5 Å². The van der Waals surface area contributed by atoms with Gasteiger partial charge in [-0.25, -0.2) is 0 Å². The van der Waals surface area contributed by atoms with E-state index in [0.717, 1.165) is 6.42 Å². The lowest BCUT2D eigenvalue weighted by atomic mass is 9.98. The highest BCUT2D eigenvalue weighted by Crippen LogP contribution is 2.09. The number of carbonyl (C=O) groups is 2. The summed E-state index contributed by atoms with van der Waals surface area (Å²) in [6.07, 6.45) is 0.854. The van der Waals surface area contributed by atoms with E-state index >= 15 is 0 Å². The second-order valence-corrected chi connectivity index (χ2v) is 4.55. The largest absolute Gasteiger partial charge is 0.469 e. The first-order chi connectivity index (χ1) is 7.84. The summed E-state index contributed by atoms with van der Waals surface area (Å²) in [5.74, 6) is -0.645. The van der Waals surface area contributed by atoms with Gasteiger partial charge in [-0.05, 0) is 5.92 Å². The van der Waals surface area contributed by atoms with Gasteiger partial charge in [-0.15, -0.1) is 0 Å². The molecule has 0 rings (SSSR count). The van der Waals surface area contributed by atoms with Gasteiger partial charge in [0, 0.05) is 13.6 Å². The monoisotopic (exact) mass is 244 g/mol. The molecule has 0 heterocycles. The summed E-state index contributed by atoms with van der Waals surface area (Å²) in [5.41, 5.74) is 5.85. The highest BCUT2D eigenvalue weighted by Gasteiger charge is 2.25. The molecule has 1 unspecified atom stereocenters. The number of rotatable bonds is 6. The number of nitrogens with zero attached hydrogens (tertiary/aromatic N) is 1. The van der Waals surface area contributed by atoms with E-state index in [-0.39, 0.29) is 23.7 Å². The van der Waals surface area contributed by atoms with Crippen molar-refractivity contribution in [3.63, 3.8) is 0 Å². The Balaban J connectivity index is 4.36. The van der Waals surface area contributed by atoms with Crippen LogP contribution in [0.3, 0.4) is 0 Å². The van der Waals surface area contributed by atoms with Crippen molar-refractivity contribution in [2.45, 2.75) is 33.2 Å². The number of carbonyl (C=O) groups excluding carboxylic acids is 2. The van der Waals surface area contributed by atoms with Crippen molar-refractivity contribution in [2.24, 2.45) is 17.6 Å². The van der Waals surface area contributed by atoms with Crippen LogP contribution in [0.1, 0.15) is 27.2 Å². The molecule has 0 radical (unpaired) electrons. The fourth-order valence-electron chi connectivity index (χ4n) is 1.53. The minimum absolute atomic E-state index is 0.130. The number of hydrogen-bond donors (Lipinski definition) is 1. The van der Waals surface area contributed by atoms with Crippen molar-refractivity contribution in [1.29, 1.82) is 0 Å². The summed E-state index contributed by atoms with van der Waals surface area (Å²) in [7, 11) is 3.00. The van der Waals surface area contributed by atoms with Crippen molar-refractivity contribution >= 4 is 11.9 Å². The quantitative estimate of drug-likeness (QED) is 0.695. The van der Waals surface area contributed by atoms with Crippen molar-refractivity contribution < 1.29 is 14.3 Å². The smallest absolute Gasteiger partial charge is 0.310 e. The zero-order valence-corrected chi connectivity index (χ0v) is 11.4. The van der Waals surface area contributed by atoms with E-state index in [0.29, 0.717) is 6.54 Å². The Morgan fingerprint density at radius 2 is 1.88 bits per heavy atom. The van der Waals surface area contributed by atoms with Crippen LogP contribution in [0.5, 0.6) is 0 Å². The highest BCUT2D eigenvalue weighted by atomic mass is 16.5. The molecule has 0 aromatic carbocycles. The topological polar surface area (TPSA) is 72.6 Å². The Morgan fingerprint density at radius 3 is 2.29 bits per heavy atom. The molecule has 0 saturated carbocycles. The van der Waals surface area contributed by atoms with E-state index < -0.39 is 6.04 Å². The van der Waals surface area contributed by atoms with Gasteiger partial charge in [0.1, 0.15) is 0 Å². The first-order valence-electron chi connectivity index (χ1n) is 5.93. The Kier molecular flexibility index (Phi) is 6.80. The molecule has 0 aliphatic heterocycles. The van der Waals surface area contributed by atoms with Crippen molar-refractivity contribution in [1.82, 2.24) is 4.90 Å². The first-order valence-corrected chi connectivity index (χ1v) is 5.93. The minimum atomic E-state index is -0.505. The maximum atomic E-state index is 11.9. The van der Waals surface area contributed by atoms with E-state index in [2.05, 4.69) is 4.74 Å². The van der Waals surface area contributed by atoms with Gasteiger partial charge in [0.15, 0.2) is 0 Å². The molecule has 0 aromatic heterocycles. The average Bonchev–Trinajstić information content (AvgIpc) is 2.34. The molecule has 0 fully saturated rings. The fraction of sp³-hybridized carbons (Fsp3) is 0.833. The number of esters is 1. The summed E-state index contributed by atoms with van der Waals surface area (Å²) in [5, 5.41) is 0. The molecule has 5 heteroatoms. The van der Waals surface area contributed by atoms with Gasteiger partial charge in [-0.2, -0.15) is 0 Å². The standard InChI is InChI=1S/C12H24N2O3/c1-6-8(2)10(13)11(15)14(4)7-9(3)12(16)17-5/h8-10H,6-7,13H2,1-5H3/t8-,9?,10-/m0/s1. The molecule has 0 bridgehead atoms. The summed E-state index contributed by atoms with van der Waals surface area (Å²) < 4.78 is 4.61. The fourth-order valence-corrected chi connectivity index (χ4v) is 1.53. The summed E-state index contributed by atoms with van der Waals surface area (Å²) in [6.45, 7) is 6.00. The van der Waals surface area contributed by atoms with E-state index in [1.165, 1.54) is 12.0 Å². The van der Waals surface area contributed by atoms with Gasteiger partial charge in [0.05, 0.1) is 19.1 Å². The van der Waals surface area contributed by atoms with Gasteiger partial charge in [0.25, 0.3) is 0 Å². The predicted molar refractivity (Wildman–Crippen MR) is 66.2 cm³/mol. The molecular formula is C12H24N2O3. The Labute approximate surface area is 103 Å². The Bertz CT molecular complexity index is 268. The molecule has 1 amide bonds. The van der Waals surface area contributed by atoms with Gasteiger partial charge in [0.2, 0.25) is 5.91 Å². The number of ether oxygens (including phenoxy) is 1. The van der Waals surface area contributed by atoms with Gasteiger partial charge in [-0.3, -0.25) is 9.59 Å². The zero-order valence-electron chi connectivity index (χ0n) is 11.4. The molecule has 0 aliphatic carbocycles.